The monoisotopic (exact) mass is 589 g/mol. The standard InChI is InChI=1S/C36H32BNO2.C5H8/c1-35(2)31-11-7-5-9-27(31)29-19-17-25(21-33(29)35)38(24-15-13-23(14-16-24)37(39)40)26-18-20-30-28-10-6-8-12-32(28)36(3,4)34(30)22-26;1-3-5-4-2/h5-22,39-40H,1-4H3;3-5H,1H2,2H3/b;5-4-. The summed E-state index contributed by atoms with van der Waals surface area (Å²) in [6.07, 6.45) is 5.58. The molecule has 0 radical (unpaired) electrons. The minimum Gasteiger partial charge on any atom is -0.423 e. The third-order valence-corrected chi connectivity index (χ3v) is 9.43. The molecule has 4 heteroatoms. The second kappa shape index (κ2) is 11.7. The lowest BCUT2D eigenvalue weighted by Gasteiger charge is -2.30. The molecule has 0 spiro atoms. The van der Waals surface area contributed by atoms with E-state index in [0.717, 1.165) is 17.1 Å². The summed E-state index contributed by atoms with van der Waals surface area (Å²) >= 11 is 0. The van der Waals surface area contributed by atoms with E-state index in [9.17, 15) is 10.0 Å². The van der Waals surface area contributed by atoms with Crippen molar-refractivity contribution in [2.24, 2.45) is 0 Å². The van der Waals surface area contributed by atoms with Crippen molar-refractivity contribution in [3.63, 3.8) is 0 Å². The van der Waals surface area contributed by atoms with Crippen molar-refractivity contribution in [1.82, 2.24) is 0 Å². The maximum absolute atomic E-state index is 9.73. The fourth-order valence-corrected chi connectivity index (χ4v) is 7.04. The molecule has 0 aromatic heterocycles. The zero-order valence-electron chi connectivity index (χ0n) is 26.8. The number of rotatable bonds is 5. The van der Waals surface area contributed by atoms with Crippen LogP contribution >= 0.6 is 0 Å². The molecule has 0 saturated carbocycles. The minimum absolute atomic E-state index is 0.111. The second-order valence-electron chi connectivity index (χ2n) is 12.9. The van der Waals surface area contributed by atoms with Crippen LogP contribution in [0.25, 0.3) is 22.3 Å². The van der Waals surface area contributed by atoms with E-state index in [0.29, 0.717) is 5.46 Å². The Morgan fingerprint density at radius 1 is 0.578 bits per heavy atom. The van der Waals surface area contributed by atoms with Crippen LogP contribution in [0.15, 0.2) is 134 Å². The van der Waals surface area contributed by atoms with Gasteiger partial charge in [-0.1, -0.05) is 125 Å². The lowest BCUT2D eigenvalue weighted by molar-refractivity contribution is 0.426. The number of anilines is 3. The van der Waals surface area contributed by atoms with Gasteiger partial charge in [0.1, 0.15) is 0 Å². The molecule has 0 saturated heterocycles. The minimum atomic E-state index is -1.50. The Bertz CT molecular complexity index is 1810. The van der Waals surface area contributed by atoms with Crippen molar-refractivity contribution in [3.05, 3.63) is 156 Å². The average Bonchev–Trinajstić information content (AvgIpc) is 3.42. The van der Waals surface area contributed by atoms with Gasteiger partial charge in [-0.3, -0.25) is 0 Å². The molecular weight excluding hydrogens is 549 g/mol. The van der Waals surface area contributed by atoms with Crippen molar-refractivity contribution in [2.45, 2.75) is 45.4 Å². The SMILES string of the molecule is C=C/C=C\C.CC1(C)c2ccccc2-c2ccc(N(c3ccc(B(O)O)cc3)c3ccc4c(c3)C(C)(C)c3ccccc3-4)cc21. The van der Waals surface area contributed by atoms with Gasteiger partial charge >= 0.3 is 7.12 Å². The summed E-state index contributed by atoms with van der Waals surface area (Å²) in [7, 11) is -1.50. The Balaban J connectivity index is 0.000000664. The number of nitrogens with zero attached hydrogens (tertiary/aromatic N) is 1. The van der Waals surface area contributed by atoms with Crippen molar-refractivity contribution in [2.75, 3.05) is 4.90 Å². The Hall–Kier alpha value is -4.64. The van der Waals surface area contributed by atoms with E-state index in [1.54, 1.807) is 18.2 Å². The average molecular weight is 590 g/mol. The van der Waals surface area contributed by atoms with Gasteiger partial charge in [0.2, 0.25) is 0 Å². The lowest BCUT2D eigenvalue weighted by atomic mass is 9.80. The summed E-state index contributed by atoms with van der Waals surface area (Å²) in [4.78, 5) is 2.28. The third-order valence-electron chi connectivity index (χ3n) is 9.43. The predicted octanol–water partition coefficient (Wildman–Crippen LogP) is 9.20. The predicted molar refractivity (Wildman–Crippen MR) is 191 cm³/mol. The van der Waals surface area contributed by atoms with Crippen LogP contribution in [0.5, 0.6) is 0 Å². The van der Waals surface area contributed by atoms with Gasteiger partial charge in [0.05, 0.1) is 0 Å². The highest BCUT2D eigenvalue weighted by molar-refractivity contribution is 6.58. The Labute approximate surface area is 268 Å². The van der Waals surface area contributed by atoms with E-state index in [1.807, 2.05) is 31.2 Å². The quantitative estimate of drug-likeness (QED) is 0.159. The first-order valence-corrected chi connectivity index (χ1v) is 15.6. The maximum atomic E-state index is 9.73. The van der Waals surface area contributed by atoms with Crippen LogP contribution in [0.1, 0.15) is 56.9 Å². The van der Waals surface area contributed by atoms with Gasteiger partial charge in [-0.05, 0) is 93.3 Å². The normalized spacial score (nSPS) is 14.5. The van der Waals surface area contributed by atoms with E-state index in [2.05, 4.69) is 124 Å². The van der Waals surface area contributed by atoms with Gasteiger partial charge in [0.15, 0.2) is 0 Å². The zero-order valence-corrected chi connectivity index (χ0v) is 26.8. The summed E-state index contributed by atoms with van der Waals surface area (Å²) in [5, 5.41) is 19.5. The highest BCUT2D eigenvalue weighted by Crippen LogP contribution is 2.52. The molecule has 224 valence electrons. The molecule has 7 rings (SSSR count). The molecule has 2 N–H and O–H groups in total. The van der Waals surface area contributed by atoms with Crippen LogP contribution in [0.2, 0.25) is 0 Å². The number of fused-ring (bicyclic) bond motifs is 6. The van der Waals surface area contributed by atoms with Crippen LogP contribution in [-0.4, -0.2) is 17.2 Å². The first-order valence-electron chi connectivity index (χ1n) is 15.6. The van der Waals surface area contributed by atoms with Gasteiger partial charge in [-0.15, -0.1) is 0 Å². The molecule has 3 nitrogen and oxygen atoms in total. The molecule has 2 aliphatic carbocycles. The van der Waals surface area contributed by atoms with E-state index < -0.39 is 7.12 Å². The van der Waals surface area contributed by atoms with Crippen LogP contribution in [-0.2, 0) is 10.8 Å². The first-order chi connectivity index (χ1) is 21.6. The highest BCUT2D eigenvalue weighted by Gasteiger charge is 2.37. The summed E-state index contributed by atoms with van der Waals surface area (Å²) in [5.41, 5.74) is 13.9. The number of benzene rings is 5. The molecular formula is C41H40BNO2. The largest absolute Gasteiger partial charge is 0.488 e. The van der Waals surface area contributed by atoms with E-state index in [1.165, 1.54) is 44.5 Å². The van der Waals surface area contributed by atoms with Crippen molar-refractivity contribution < 1.29 is 10.0 Å². The molecule has 0 aliphatic heterocycles. The van der Waals surface area contributed by atoms with Gasteiger partial charge in [-0.2, -0.15) is 0 Å². The molecule has 5 aromatic carbocycles. The molecule has 0 heterocycles. The summed E-state index contributed by atoms with van der Waals surface area (Å²) in [6, 6.07) is 38.5. The van der Waals surface area contributed by atoms with Crippen LogP contribution < -0.4 is 10.4 Å². The molecule has 5 aromatic rings. The molecule has 0 fully saturated rings. The van der Waals surface area contributed by atoms with Crippen molar-refractivity contribution in [3.8, 4) is 22.3 Å². The molecule has 0 amide bonds. The number of allylic oxidation sites excluding steroid dienone is 3. The molecule has 0 bridgehead atoms. The Morgan fingerprint density at radius 2 is 1.00 bits per heavy atom. The smallest absolute Gasteiger partial charge is 0.423 e. The van der Waals surface area contributed by atoms with E-state index in [-0.39, 0.29) is 10.8 Å². The Kier molecular flexibility index (Phi) is 7.90. The van der Waals surface area contributed by atoms with Gasteiger partial charge in [0.25, 0.3) is 0 Å². The fourth-order valence-electron chi connectivity index (χ4n) is 7.04. The maximum Gasteiger partial charge on any atom is 0.488 e. The van der Waals surface area contributed by atoms with E-state index >= 15 is 0 Å². The van der Waals surface area contributed by atoms with Gasteiger partial charge < -0.3 is 14.9 Å². The summed E-state index contributed by atoms with van der Waals surface area (Å²) in [6.45, 7) is 14.6. The zero-order chi connectivity index (χ0) is 31.9. The fraction of sp³-hybridized carbons (Fsp3) is 0.171. The van der Waals surface area contributed by atoms with Crippen LogP contribution in [0.4, 0.5) is 17.1 Å². The summed E-state index contributed by atoms with van der Waals surface area (Å²) < 4.78 is 0. The molecule has 0 atom stereocenters. The molecule has 0 unspecified atom stereocenters. The summed E-state index contributed by atoms with van der Waals surface area (Å²) in [5.74, 6) is 0. The molecule has 2 aliphatic rings. The van der Waals surface area contributed by atoms with Crippen LogP contribution in [0, 0.1) is 0 Å². The van der Waals surface area contributed by atoms with Crippen LogP contribution in [0.3, 0.4) is 0 Å². The molecule has 45 heavy (non-hydrogen) atoms. The van der Waals surface area contributed by atoms with Gasteiger partial charge in [-0.25, -0.2) is 0 Å². The van der Waals surface area contributed by atoms with E-state index in [4.69, 9.17) is 0 Å². The van der Waals surface area contributed by atoms with Crippen molar-refractivity contribution in [1.29, 1.82) is 0 Å². The van der Waals surface area contributed by atoms with Gasteiger partial charge in [0, 0.05) is 27.9 Å². The lowest BCUT2D eigenvalue weighted by Crippen LogP contribution is -2.29. The highest BCUT2D eigenvalue weighted by atomic mass is 16.4. The first kappa shape index (κ1) is 30.4. The Morgan fingerprint density at radius 3 is 1.40 bits per heavy atom. The third kappa shape index (κ3) is 5.14. The number of hydrogen-bond donors (Lipinski definition) is 2. The topological polar surface area (TPSA) is 43.7 Å². The number of hydrogen-bond acceptors (Lipinski definition) is 3. The second-order valence-corrected chi connectivity index (χ2v) is 12.9. The van der Waals surface area contributed by atoms with Crippen molar-refractivity contribution >= 4 is 29.6 Å².